The van der Waals surface area contributed by atoms with Gasteiger partial charge in [-0.15, -0.1) is 0 Å². The minimum absolute atomic E-state index is 0.289. The van der Waals surface area contributed by atoms with Crippen molar-refractivity contribution in [2.24, 2.45) is 0 Å². The van der Waals surface area contributed by atoms with Crippen molar-refractivity contribution >= 4 is 23.0 Å². The van der Waals surface area contributed by atoms with Gasteiger partial charge < -0.3 is 10.6 Å². The van der Waals surface area contributed by atoms with Gasteiger partial charge in [0, 0.05) is 12.6 Å². The minimum atomic E-state index is -0.289. The van der Waals surface area contributed by atoms with E-state index in [9.17, 15) is 4.39 Å². The van der Waals surface area contributed by atoms with Gasteiger partial charge in [0.1, 0.15) is 5.82 Å². The highest BCUT2D eigenvalue weighted by Crippen LogP contribution is 2.16. The Morgan fingerprint density at radius 2 is 2.26 bits per heavy atom. The van der Waals surface area contributed by atoms with E-state index in [1.807, 2.05) is 0 Å². The van der Waals surface area contributed by atoms with E-state index in [1.165, 1.54) is 18.9 Å². The topological polar surface area (TPSA) is 27.3 Å². The molecule has 0 saturated carbocycles. The number of hydrogen-bond acceptors (Lipinski definition) is 2. The molecule has 0 bridgehead atoms. The summed E-state index contributed by atoms with van der Waals surface area (Å²) in [6.07, 6.45) is 2.44. The van der Waals surface area contributed by atoms with Crippen LogP contribution in [0.15, 0.2) is 24.3 Å². The monoisotopic (exact) mass is 281 g/mol. The molecule has 104 valence electrons. The van der Waals surface area contributed by atoms with Crippen LogP contribution >= 0.6 is 12.2 Å². The van der Waals surface area contributed by atoms with Gasteiger partial charge in [-0.25, -0.2) is 4.39 Å². The summed E-state index contributed by atoms with van der Waals surface area (Å²) in [4.78, 5) is 2.44. The van der Waals surface area contributed by atoms with E-state index in [-0.39, 0.29) is 5.82 Å². The van der Waals surface area contributed by atoms with Crippen molar-refractivity contribution in [3.05, 3.63) is 30.1 Å². The van der Waals surface area contributed by atoms with Crippen LogP contribution in [-0.2, 0) is 0 Å². The summed E-state index contributed by atoms with van der Waals surface area (Å²) in [6.45, 7) is 5.22. The molecule has 1 aliphatic rings. The molecular weight excluding hydrogens is 261 g/mol. The third-order valence-corrected chi connectivity index (χ3v) is 3.77. The first-order valence-electron chi connectivity index (χ1n) is 6.74. The number of anilines is 1. The van der Waals surface area contributed by atoms with Gasteiger partial charge in [-0.3, -0.25) is 4.90 Å². The van der Waals surface area contributed by atoms with Gasteiger partial charge in [0.15, 0.2) is 5.11 Å². The minimum Gasteiger partial charge on any atom is -0.361 e. The summed E-state index contributed by atoms with van der Waals surface area (Å²) >= 11 is 5.20. The van der Waals surface area contributed by atoms with E-state index >= 15 is 0 Å². The molecule has 0 radical (unpaired) electrons. The largest absolute Gasteiger partial charge is 0.361 e. The van der Waals surface area contributed by atoms with Gasteiger partial charge in [0.05, 0.1) is 5.69 Å². The molecule has 5 heteroatoms. The lowest BCUT2D eigenvalue weighted by molar-refractivity contribution is 0.267. The summed E-state index contributed by atoms with van der Waals surface area (Å²) in [5, 5.41) is 6.55. The second-order valence-electron chi connectivity index (χ2n) is 4.74. The lowest BCUT2D eigenvalue weighted by Gasteiger charge is -2.23. The summed E-state index contributed by atoms with van der Waals surface area (Å²) in [5.74, 6) is -0.289. The number of hydrogen-bond donors (Lipinski definition) is 2. The average Bonchev–Trinajstić information content (AvgIpc) is 2.86. The predicted molar refractivity (Wildman–Crippen MR) is 80.9 cm³/mol. The van der Waals surface area contributed by atoms with Gasteiger partial charge in [0.2, 0.25) is 0 Å². The zero-order chi connectivity index (χ0) is 13.7. The first-order valence-corrected chi connectivity index (χ1v) is 7.15. The molecule has 19 heavy (non-hydrogen) atoms. The van der Waals surface area contributed by atoms with E-state index in [0.717, 1.165) is 19.6 Å². The number of rotatable bonds is 4. The van der Waals surface area contributed by atoms with Crippen molar-refractivity contribution in [2.75, 3.05) is 25.0 Å². The predicted octanol–water partition coefficient (Wildman–Crippen LogP) is 2.60. The molecule has 1 fully saturated rings. The van der Waals surface area contributed by atoms with Gasteiger partial charge in [-0.2, -0.15) is 0 Å². The maximum atomic E-state index is 13.4. The van der Waals surface area contributed by atoms with Gasteiger partial charge in [-0.1, -0.05) is 19.1 Å². The molecule has 1 saturated heterocycles. The van der Waals surface area contributed by atoms with Crippen molar-refractivity contribution in [3.63, 3.8) is 0 Å². The summed E-state index contributed by atoms with van der Waals surface area (Å²) in [5.41, 5.74) is 0.416. The maximum absolute atomic E-state index is 13.4. The van der Waals surface area contributed by atoms with Crippen molar-refractivity contribution in [2.45, 2.75) is 25.8 Å². The van der Waals surface area contributed by atoms with Gasteiger partial charge in [-0.05, 0) is 50.3 Å². The quantitative estimate of drug-likeness (QED) is 0.830. The fourth-order valence-corrected chi connectivity index (χ4v) is 2.68. The molecule has 0 unspecified atom stereocenters. The van der Waals surface area contributed by atoms with Crippen LogP contribution in [0.1, 0.15) is 19.8 Å². The van der Waals surface area contributed by atoms with E-state index in [1.54, 1.807) is 18.2 Å². The van der Waals surface area contributed by atoms with Crippen LogP contribution in [0.3, 0.4) is 0 Å². The Labute approximate surface area is 119 Å². The molecule has 1 aliphatic heterocycles. The van der Waals surface area contributed by atoms with Gasteiger partial charge in [0.25, 0.3) is 0 Å². The molecular formula is C14H20FN3S. The molecule has 1 atom stereocenters. The Bertz CT molecular complexity index is 438. The van der Waals surface area contributed by atoms with E-state index < -0.39 is 0 Å². The first kappa shape index (κ1) is 14.2. The van der Waals surface area contributed by atoms with Crippen LogP contribution in [0.2, 0.25) is 0 Å². The Hall–Kier alpha value is -1.20. The number of halogens is 1. The molecule has 2 rings (SSSR count). The number of likely N-dealkylation sites (N-methyl/N-ethyl adjacent to an activating group) is 1. The Morgan fingerprint density at radius 1 is 1.47 bits per heavy atom. The van der Waals surface area contributed by atoms with Crippen molar-refractivity contribution in [1.82, 2.24) is 10.2 Å². The third-order valence-electron chi connectivity index (χ3n) is 3.53. The van der Waals surface area contributed by atoms with Crippen LogP contribution < -0.4 is 10.6 Å². The number of nitrogens with one attached hydrogen (secondary N) is 2. The standard InChI is InChI=1S/C14H20FN3S/c1-2-18-9-5-6-11(18)10-16-14(19)17-13-8-4-3-7-12(13)15/h3-4,7-8,11H,2,5-6,9-10H2,1H3,(H2,16,17,19)/t11-/m1/s1. The lowest BCUT2D eigenvalue weighted by atomic mass is 10.2. The Kier molecular flexibility index (Phi) is 5.10. The fourth-order valence-electron chi connectivity index (χ4n) is 2.48. The zero-order valence-electron chi connectivity index (χ0n) is 11.2. The zero-order valence-corrected chi connectivity index (χ0v) is 12.0. The van der Waals surface area contributed by atoms with Gasteiger partial charge >= 0.3 is 0 Å². The first-order chi connectivity index (χ1) is 9.20. The van der Waals surface area contributed by atoms with Crippen LogP contribution in [0, 0.1) is 5.82 Å². The number of nitrogens with zero attached hydrogens (tertiary/aromatic N) is 1. The van der Waals surface area contributed by atoms with Crippen molar-refractivity contribution in [1.29, 1.82) is 0 Å². The van der Waals surface area contributed by atoms with Crippen LogP contribution in [-0.4, -0.2) is 35.7 Å². The molecule has 3 nitrogen and oxygen atoms in total. The summed E-state index contributed by atoms with van der Waals surface area (Å²) in [6, 6.07) is 7.07. The van der Waals surface area contributed by atoms with Crippen LogP contribution in [0.4, 0.5) is 10.1 Å². The number of likely N-dealkylation sites (tertiary alicyclic amines) is 1. The summed E-state index contributed by atoms with van der Waals surface area (Å²) in [7, 11) is 0. The highest BCUT2D eigenvalue weighted by molar-refractivity contribution is 7.80. The summed E-state index contributed by atoms with van der Waals surface area (Å²) < 4.78 is 13.4. The fraction of sp³-hybridized carbons (Fsp3) is 0.500. The van der Waals surface area contributed by atoms with E-state index in [4.69, 9.17) is 12.2 Å². The number of para-hydroxylation sites is 1. The van der Waals surface area contributed by atoms with E-state index in [0.29, 0.717) is 16.8 Å². The highest BCUT2D eigenvalue weighted by Gasteiger charge is 2.22. The number of thiocarbonyl (C=S) groups is 1. The lowest BCUT2D eigenvalue weighted by Crippen LogP contribution is -2.41. The molecule has 0 aromatic heterocycles. The second-order valence-corrected chi connectivity index (χ2v) is 5.15. The average molecular weight is 281 g/mol. The molecule has 1 aromatic carbocycles. The van der Waals surface area contributed by atoms with Crippen molar-refractivity contribution in [3.8, 4) is 0 Å². The normalized spacial score (nSPS) is 19.4. The molecule has 0 aliphatic carbocycles. The number of benzene rings is 1. The Balaban J connectivity index is 1.80. The third kappa shape index (κ3) is 3.88. The Morgan fingerprint density at radius 3 is 3.00 bits per heavy atom. The highest BCUT2D eigenvalue weighted by atomic mass is 32.1. The molecule has 0 spiro atoms. The van der Waals surface area contributed by atoms with E-state index in [2.05, 4.69) is 22.5 Å². The SMILES string of the molecule is CCN1CCC[C@@H]1CNC(=S)Nc1ccccc1F. The van der Waals surface area contributed by atoms with Crippen molar-refractivity contribution < 1.29 is 4.39 Å². The molecule has 0 amide bonds. The second kappa shape index (κ2) is 6.82. The smallest absolute Gasteiger partial charge is 0.170 e. The molecule has 1 heterocycles. The molecule has 1 aromatic rings. The van der Waals surface area contributed by atoms with Crippen LogP contribution in [0.25, 0.3) is 0 Å². The van der Waals surface area contributed by atoms with Crippen LogP contribution in [0.5, 0.6) is 0 Å². The molecule has 2 N–H and O–H groups in total. The maximum Gasteiger partial charge on any atom is 0.170 e.